The number of halogens is 3. The van der Waals surface area contributed by atoms with Gasteiger partial charge in [-0.1, -0.05) is 22.8 Å². The van der Waals surface area contributed by atoms with Gasteiger partial charge in [0.05, 0.1) is 0 Å². The molecule has 1 rings (SSSR count). The van der Waals surface area contributed by atoms with E-state index in [2.05, 4.69) is 37.0 Å². The molecule has 0 aliphatic heterocycles. The Morgan fingerprint density at radius 1 is 1.33 bits per heavy atom. The molecule has 0 unspecified atom stereocenters. The third-order valence-corrected chi connectivity index (χ3v) is 3.42. The van der Waals surface area contributed by atoms with E-state index in [1.807, 2.05) is 6.07 Å². The van der Waals surface area contributed by atoms with E-state index in [0.717, 1.165) is 8.95 Å². The van der Waals surface area contributed by atoms with Crippen molar-refractivity contribution in [1.29, 1.82) is 0 Å². The van der Waals surface area contributed by atoms with Crippen LogP contribution in [0, 0.1) is 0 Å². The van der Waals surface area contributed by atoms with Gasteiger partial charge in [-0.2, -0.15) is 0 Å². The quantitative estimate of drug-likeness (QED) is 0.480. The number of nitrogens with zero attached hydrogens (tertiary/aromatic N) is 1. The first kappa shape index (κ1) is 10.0. The van der Waals surface area contributed by atoms with E-state index >= 15 is 0 Å². The molecule has 0 heterocycles. The lowest BCUT2D eigenvalue weighted by Crippen LogP contribution is -1.90. The van der Waals surface area contributed by atoms with Crippen molar-refractivity contribution >= 4 is 48.6 Å². The molecule has 0 saturated carbocycles. The lowest BCUT2D eigenvalue weighted by molar-refractivity contribution is 0.321. The van der Waals surface area contributed by atoms with Crippen LogP contribution >= 0.6 is 43.5 Å². The maximum atomic E-state index is 8.38. The van der Waals surface area contributed by atoms with Gasteiger partial charge < -0.3 is 5.21 Å². The molecule has 1 N–H and O–H groups in total. The van der Waals surface area contributed by atoms with Crippen LogP contribution in [0.3, 0.4) is 0 Å². The number of hydrogen-bond donors (Lipinski definition) is 1. The molecule has 1 aromatic carbocycles. The van der Waals surface area contributed by atoms with Gasteiger partial charge in [-0.3, -0.25) is 0 Å². The lowest BCUT2D eigenvalue weighted by atomic mass is 10.2. The zero-order valence-electron chi connectivity index (χ0n) is 5.76. The zero-order valence-corrected chi connectivity index (χ0v) is 9.69. The minimum Gasteiger partial charge on any atom is -0.410 e. The highest BCUT2D eigenvalue weighted by Crippen LogP contribution is 2.24. The maximum Gasteiger partial charge on any atom is 0.175 e. The van der Waals surface area contributed by atoms with Crippen molar-refractivity contribution in [2.24, 2.45) is 5.16 Å². The van der Waals surface area contributed by atoms with Gasteiger partial charge in [-0.15, -0.1) is 0 Å². The summed E-state index contributed by atoms with van der Waals surface area (Å²) in [5, 5.41) is 11.3. The van der Waals surface area contributed by atoms with E-state index in [1.165, 1.54) is 0 Å². The van der Waals surface area contributed by atoms with Crippen molar-refractivity contribution in [2.75, 3.05) is 0 Å². The van der Waals surface area contributed by atoms with Crippen LogP contribution in [0.15, 0.2) is 32.3 Å². The lowest BCUT2D eigenvalue weighted by Gasteiger charge is -1.98. The maximum absolute atomic E-state index is 8.38. The summed E-state index contributed by atoms with van der Waals surface area (Å²) in [4.78, 5) is 0. The van der Waals surface area contributed by atoms with E-state index in [0.29, 0.717) is 5.56 Å². The zero-order chi connectivity index (χ0) is 9.14. The van der Waals surface area contributed by atoms with Crippen molar-refractivity contribution in [2.45, 2.75) is 0 Å². The molecule has 1 aromatic rings. The Morgan fingerprint density at radius 3 is 2.50 bits per heavy atom. The first-order chi connectivity index (χ1) is 5.65. The molecule has 0 atom stereocenters. The van der Waals surface area contributed by atoms with Gasteiger partial charge in [-0.05, 0) is 44.0 Å². The fourth-order valence-electron chi connectivity index (χ4n) is 0.682. The van der Waals surface area contributed by atoms with Gasteiger partial charge in [0, 0.05) is 14.5 Å². The molecule has 0 aliphatic rings. The summed E-state index contributed by atoms with van der Waals surface area (Å²) < 4.78 is 1.79. The molecule has 0 fully saturated rings. The second kappa shape index (κ2) is 4.25. The standard InChI is InChI=1S/C7H4Br2ClNO/c8-5-2-1-4(3-6(5)9)7(10)11-12/h1-3,12H/b11-7+. The summed E-state index contributed by atoms with van der Waals surface area (Å²) in [5.74, 6) is 0. The van der Waals surface area contributed by atoms with E-state index in [1.54, 1.807) is 12.1 Å². The molecule has 12 heavy (non-hydrogen) atoms. The Morgan fingerprint density at radius 2 is 2.00 bits per heavy atom. The SMILES string of the molecule is O/N=C(/Cl)c1ccc(Br)c(Br)c1. The van der Waals surface area contributed by atoms with Gasteiger partial charge in [0.1, 0.15) is 0 Å². The Hall–Kier alpha value is -0.0600. The Bertz CT molecular complexity index is 327. The van der Waals surface area contributed by atoms with Crippen LogP contribution in [0.5, 0.6) is 0 Å². The van der Waals surface area contributed by atoms with E-state index in [4.69, 9.17) is 16.8 Å². The summed E-state index contributed by atoms with van der Waals surface area (Å²) in [5.41, 5.74) is 0.661. The summed E-state index contributed by atoms with van der Waals surface area (Å²) in [6, 6.07) is 5.32. The van der Waals surface area contributed by atoms with Crippen LogP contribution < -0.4 is 0 Å². The molecule has 5 heteroatoms. The first-order valence-electron chi connectivity index (χ1n) is 2.98. The van der Waals surface area contributed by atoms with Crippen molar-refractivity contribution < 1.29 is 5.21 Å². The van der Waals surface area contributed by atoms with Crippen LogP contribution in [-0.2, 0) is 0 Å². The van der Waals surface area contributed by atoms with Gasteiger partial charge in [0.25, 0.3) is 0 Å². The molecular weight excluding hydrogens is 309 g/mol. The molecule has 0 aromatic heterocycles. The largest absolute Gasteiger partial charge is 0.410 e. The molecule has 0 aliphatic carbocycles. The fraction of sp³-hybridized carbons (Fsp3) is 0. The molecule has 64 valence electrons. The monoisotopic (exact) mass is 311 g/mol. The fourth-order valence-corrected chi connectivity index (χ4v) is 1.43. The van der Waals surface area contributed by atoms with Crippen molar-refractivity contribution in [1.82, 2.24) is 0 Å². The number of benzene rings is 1. The first-order valence-corrected chi connectivity index (χ1v) is 4.94. The summed E-state index contributed by atoms with van der Waals surface area (Å²) in [6.07, 6.45) is 0. The molecule has 2 nitrogen and oxygen atoms in total. The summed E-state index contributed by atoms with van der Waals surface area (Å²) >= 11 is 12.2. The minimum atomic E-state index is 0.0724. The second-order valence-electron chi connectivity index (χ2n) is 2.02. The second-order valence-corrected chi connectivity index (χ2v) is 4.09. The van der Waals surface area contributed by atoms with E-state index < -0.39 is 0 Å². The van der Waals surface area contributed by atoms with Crippen LogP contribution in [-0.4, -0.2) is 10.4 Å². The molecule has 0 bridgehead atoms. The van der Waals surface area contributed by atoms with Crippen LogP contribution in [0.25, 0.3) is 0 Å². The summed E-state index contributed by atoms with van der Waals surface area (Å²) in [7, 11) is 0. The Labute approximate surface area is 91.5 Å². The molecule has 0 spiro atoms. The smallest absolute Gasteiger partial charge is 0.175 e. The number of oxime groups is 1. The summed E-state index contributed by atoms with van der Waals surface area (Å²) in [6.45, 7) is 0. The molecule has 0 radical (unpaired) electrons. The Kier molecular flexibility index (Phi) is 3.55. The minimum absolute atomic E-state index is 0.0724. The highest BCUT2D eigenvalue weighted by Gasteiger charge is 2.02. The van der Waals surface area contributed by atoms with E-state index in [-0.39, 0.29) is 5.17 Å². The van der Waals surface area contributed by atoms with E-state index in [9.17, 15) is 0 Å². The predicted octanol–water partition coefficient (Wildman–Crippen LogP) is 3.59. The van der Waals surface area contributed by atoms with Crippen LogP contribution in [0.4, 0.5) is 0 Å². The predicted molar refractivity (Wildman–Crippen MR) is 56.0 cm³/mol. The topological polar surface area (TPSA) is 32.6 Å². The van der Waals surface area contributed by atoms with Gasteiger partial charge in [-0.25, -0.2) is 0 Å². The van der Waals surface area contributed by atoms with Crippen molar-refractivity contribution in [3.8, 4) is 0 Å². The molecular formula is C7H4Br2ClNO. The van der Waals surface area contributed by atoms with Crippen LogP contribution in [0.1, 0.15) is 5.56 Å². The number of hydrogen-bond acceptors (Lipinski definition) is 2. The van der Waals surface area contributed by atoms with Crippen molar-refractivity contribution in [3.05, 3.63) is 32.7 Å². The average molecular weight is 313 g/mol. The molecule has 0 amide bonds. The Balaban J connectivity index is 3.13. The van der Waals surface area contributed by atoms with Crippen molar-refractivity contribution in [3.63, 3.8) is 0 Å². The highest BCUT2D eigenvalue weighted by molar-refractivity contribution is 9.13. The third-order valence-electron chi connectivity index (χ3n) is 1.25. The normalized spacial score (nSPS) is 11.8. The third kappa shape index (κ3) is 2.21. The molecule has 0 saturated heterocycles. The average Bonchev–Trinajstić information content (AvgIpc) is 2.08. The highest BCUT2D eigenvalue weighted by atomic mass is 79.9. The van der Waals surface area contributed by atoms with Crippen LogP contribution in [0.2, 0.25) is 0 Å². The number of rotatable bonds is 1. The van der Waals surface area contributed by atoms with Gasteiger partial charge in [0.15, 0.2) is 5.17 Å². The van der Waals surface area contributed by atoms with Gasteiger partial charge in [0.2, 0.25) is 0 Å². The van der Waals surface area contributed by atoms with Gasteiger partial charge >= 0.3 is 0 Å².